The standard InChI is InChI=1S/C28H37ClN2O2/c1-17(18-7-9-19(29)10-8-18)30-25(32)21-16-28(3)23-13-15-27(2)14-5-6-22(27)20(23)11-12-24(28)31(4)26(21)33/h7-10,16-17,20,22-24H,5-6,11-15H2,1-4H3,(H,30,32)/t17?,20-,22-,23+,24?,27-,28+/m0/s1. The van der Waals surface area contributed by atoms with E-state index in [1.165, 1.54) is 38.5 Å². The van der Waals surface area contributed by atoms with Gasteiger partial charge in [0, 0.05) is 23.5 Å². The molecule has 5 heteroatoms. The van der Waals surface area contributed by atoms with E-state index in [1.807, 2.05) is 43.1 Å². The third-order valence-electron chi connectivity index (χ3n) is 9.94. The first kappa shape index (κ1) is 23.0. The second-order valence-corrected chi connectivity index (χ2v) is 12.1. The summed E-state index contributed by atoms with van der Waals surface area (Å²) in [6, 6.07) is 7.47. The Balaban J connectivity index is 1.43. The van der Waals surface area contributed by atoms with Crippen LogP contribution in [0.2, 0.25) is 5.02 Å². The average Bonchev–Trinajstić information content (AvgIpc) is 3.18. The smallest absolute Gasteiger partial charge is 0.259 e. The zero-order chi connectivity index (χ0) is 23.5. The van der Waals surface area contributed by atoms with Crippen molar-refractivity contribution in [1.82, 2.24) is 10.2 Å². The number of nitrogens with one attached hydrogen (secondary N) is 1. The fourth-order valence-corrected chi connectivity index (χ4v) is 8.28. The highest BCUT2D eigenvalue weighted by Crippen LogP contribution is 2.64. The third-order valence-corrected chi connectivity index (χ3v) is 10.2. The molecule has 33 heavy (non-hydrogen) atoms. The van der Waals surface area contributed by atoms with Gasteiger partial charge in [0.1, 0.15) is 5.57 Å². The normalized spacial score (nSPS) is 38.6. The van der Waals surface area contributed by atoms with Crippen LogP contribution in [-0.2, 0) is 9.59 Å². The van der Waals surface area contributed by atoms with E-state index >= 15 is 0 Å². The Hall–Kier alpha value is -1.81. The van der Waals surface area contributed by atoms with Crippen molar-refractivity contribution in [3.63, 3.8) is 0 Å². The molecule has 3 saturated carbocycles. The van der Waals surface area contributed by atoms with Gasteiger partial charge in [0.25, 0.3) is 11.8 Å². The monoisotopic (exact) mass is 468 g/mol. The van der Waals surface area contributed by atoms with E-state index in [1.54, 1.807) is 0 Å². The Bertz CT molecular complexity index is 988. The molecular formula is C28H37ClN2O2. The minimum Gasteiger partial charge on any atom is -0.345 e. The zero-order valence-electron chi connectivity index (χ0n) is 20.4. The lowest BCUT2D eigenvalue weighted by atomic mass is 9.48. The summed E-state index contributed by atoms with van der Waals surface area (Å²) in [6.07, 6.45) is 10.9. The van der Waals surface area contributed by atoms with E-state index in [0.717, 1.165) is 17.9 Å². The predicted octanol–water partition coefficient (Wildman–Crippen LogP) is 5.92. The molecule has 0 bridgehead atoms. The second kappa shape index (κ2) is 8.15. The molecule has 0 radical (unpaired) electrons. The molecule has 5 rings (SSSR count). The van der Waals surface area contributed by atoms with Crippen molar-refractivity contribution in [2.24, 2.45) is 28.6 Å². The summed E-state index contributed by atoms with van der Waals surface area (Å²) >= 11 is 6.01. The maximum absolute atomic E-state index is 13.4. The second-order valence-electron chi connectivity index (χ2n) is 11.6. The molecule has 0 aromatic heterocycles. The van der Waals surface area contributed by atoms with E-state index in [4.69, 9.17) is 11.6 Å². The first-order valence-electron chi connectivity index (χ1n) is 12.7. The van der Waals surface area contributed by atoms with Crippen LogP contribution < -0.4 is 5.32 Å². The Morgan fingerprint density at radius 1 is 1.09 bits per heavy atom. The van der Waals surface area contributed by atoms with E-state index in [-0.39, 0.29) is 29.3 Å². The Morgan fingerprint density at radius 2 is 1.82 bits per heavy atom. The van der Waals surface area contributed by atoms with Gasteiger partial charge in [0.2, 0.25) is 0 Å². The van der Waals surface area contributed by atoms with Crippen LogP contribution in [-0.4, -0.2) is 29.8 Å². The number of carbonyl (C=O) groups is 2. The van der Waals surface area contributed by atoms with Crippen LogP contribution in [0.15, 0.2) is 35.9 Å². The first-order chi connectivity index (χ1) is 15.6. The number of hydrogen-bond acceptors (Lipinski definition) is 2. The van der Waals surface area contributed by atoms with Gasteiger partial charge >= 0.3 is 0 Å². The van der Waals surface area contributed by atoms with Crippen molar-refractivity contribution < 1.29 is 9.59 Å². The quantitative estimate of drug-likeness (QED) is 0.560. The molecule has 0 spiro atoms. The molecular weight excluding hydrogens is 432 g/mol. The molecule has 178 valence electrons. The molecule has 3 aliphatic carbocycles. The van der Waals surface area contributed by atoms with Crippen molar-refractivity contribution in [2.45, 2.75) is 77.8 Å². The van der Waals surface area contributed by atoms with Gasteiger partial charge in [-0.05, 0) is 86.3 Å². The van der Waals surface area contributed by atoms with Crippen molar-refractivity contribution in [3.8, 4) is 0 Å². The lowest BCUT2D eigenvalue weighted by Gasteiger charge is -2.60. The van der Waals surface area contributed by atoms with Crippen LogP contribution in [0.25, 0.3) is 0 Å². The van der Waals surface area contributed by atoms with Gasteiger partial charge in [0.05, 0.1) is 6.04 Å². The fourth-order valence-electron chi connectivity index (χ4n) is 8.15. The number of rotatable bonds is 3. The van der Waals surface area contributed by atoms with Gasteiger partial charge in [-0.3, -0.25) is 9.59 Å². The van der Waals surface area contributed by atoms with Crippen molar-refractivity contribution in [2.75, 3.05) is 7.05 Å². The SMILES string of the molecule is CC(NC(=O)C1=C[C@@]2(C)C(CC[C@@H]3[C@H]2CC[C@]2(C)CCC[C@@H]32)N(C)C1=O)c1ccc(Cl)cc1. The van der Waals surface area contributed by atoms with Crippen molar-refractivity contribution in [3.05, 3.63) is 46.5 Å². The molecule has 2 unspecified atom stereocenters. The summed E-state index contributed by atoms with van der Waals surface area (Å²) in [5.41, 5.74) is 1.64. The predicted molar refractivity (Wildman–Crippen MR) is 132 cm³/mol. The maximum atomic E-state index is 13.4. The minimum atomic E-state index is -0.266. The number of halogens is 1. The number of likely N-dealkylation sites (N-methyl/N-ethyl adjacent to an activating group) is 1. The summed E-state index contributed by atoms with van der Waals surface area (Å²) in [5, 5.41) is 3.73. The molecule has 1 aromatic rings. The molecule has 1 aliphatic heterocycles. The van der Waals surface area contributed by atoms with Crippen LogP contribution in [0.3, 0.4) is 0 Å². The molecule has 1 aromatic carbocycles. The van der Waals surface area contributed by atoms with Gasteiger partial charge in [-0.15, -0.1) is 0 Å². The number of nitrogens with zero attached hydrogens (tertiary/aromatic N) is 1. The van der Waals surface area contributed by atoms with Gasteiger partial charge in [-0.25, -0.2) is 0 Å². The minimum absolute atomic E-state index is 0.141. The fraction of sp³-hybridized carbons (Fsp3) is 0.643. The Labute approximate surface area is 203 Å². The zero-order valence-corrected chi connectivity index (χ0v) is 21.1. The van der Waals surface area contributed by atoms with Crippen molar-refractivity contribution in [1.29, 1.82) is 0 Å². The molecule has 4 aliphatic rings. The van der Waals surface area contributed by atoms with Crippen LogP contribution >= 0.6 is 11.6 Å². The largest absolute Gasteiger partial charge is 0.345 e. The highest BCUT2D eigenvalue weighted by molar-refractivity contribution is 6.30. The average molecular weight is 469 g/mol. The maximum Gasteiger partial charge on any atom is 0.259 e. The summed E-state index contributed by atoms with van der Waals surface area (Å²) in [4.78, 5) is 28.5. The van der Waals surface area contributed by atoms with Crippen molar-refractivity contribution >= 4 is 23.4 Å². The van der Waals surface area contributed by atoms with Gasteiger partial charge < -0.3 is 10.2 Å². The third kappa shape index (κ3) is 3.64. The van der Waals surface area contributed by atoms with Crippen LogP contribution in [0.4, 0.5) is 0 Å². The molecule has 7 atom stereocenters. The van der Waals surface area contributed by atoms with E-state index in [2.05, 4.69) is 25.2 Å². The van der Waals surface area contributed by atoms with E-state index in [9.17, 15) is 9.59 Å². The summed E-state index contributed by atoms with van der Waals surface area (Å²) < 4.78 is 0. The summed E-state index contributed by atoms with van der Waals surface area (Å²) in [6.45, 7) is 6.78. The summed E-state index contributed by atoms with van der Waals surface area (Å²) in [5.74, 6) is 1.64. The molecule has 0 saturated heterocycles. The molecule has 4 nitrogen and oxygen atoms in total. The van der Waals surface area contributed by atoms with Gasteiger partial charge in [-0.1, -0.05) is 50.1 Å². The number of hydrogen-bond donors (Lipinski definition) is 1. The number of fused-ring (bicyclic) bond motifs is 5. The van der Waals surface area contributed by atoms with Gasteiger partial charge in [-0.2, -0.15) is 0 Å². The highest BCUT2D eigenvalue weighted by atomic mass is 35.5. The number of amides is 2. The Morgan fingerprint density at radius 3 is 2.55 bits per heavy atom. The van der Waals surface area contributed by atoms with Crippen LogP contribution in [0, 0.1) is 28.6 Å². The number of carbonyl (C=O) groups excluding carboxylic acids is 2. The summed E-state index contributed by atoms with van der Waals surface area (Å²) in [7, 11) is 1.90. The first-order valence-corrected chi connectivity index (χ1v) is 13.1. The van der Waals surface area contributed by atoms with Gasteiger partial charge in [0.15, 0.2) is 0 Å². The molecule has 1 N–H and O–H groups in total. The molecule has 2 amide bonds. The van der Waals surface area contributed by atoms with Crippen LogP contribution in [0.5, 0.6) is 0 Å². The molecule has 1 heterocycles. The van der Waals surface area contributed by atoms with Crippen LogP contribution in [0.1, 0.15) is 77.3 Å². The number of benzene rings is 1. The van der Waals surface area contributed by atoms with E-state index < -0.39 is 0 Å². The lowest BCUT2D eigenvalue weighted by Crippen LogP contribution is -2.61. The highest BCUT2D eigenvalue weighted by Gasteiger charge is 2.59. The van der Waals surface area contributed by atoms with E-state index in [0.29, 0.717) is 27.8 Å². The Kier molecular flexibility index (Phi) is 5.67. The topological polar surface area (TPSA) is 49.4 Å². The molecule has 3 fully saturated rings. The lowest BCUT2D eigenvalue weighted by molar-refractivity contribution is -0.141.